The van der Waals surface area contributed by atoms with Crippen LogP contribution in [-0.4, -0.2) is 5.97 Å². The molecule has 0 aliphatic carbocycles. The Kier molecular flexibility index (Phi) is 5.29. The number of alkyl halides is 3. The number of ether oxygens (including phenoxy) is 1. The molecule has 156 valence electrons. The van der Waals surface area contributed by atoms with Crippen molar-refractivity contribution in [1.82, 2.24) is 0 Å². The minimum atomic E-state index is -4.91. The van der Waals surface area contributed by atoms with Crippen LogP contribution >= 0.6 is 11.6 Å². The van der Waals surface area contributed by atoms with Gasteiger partial charge in [0.2, 0.25) is 11.2 Å². The Morgan fingerprint density at radius 2 is 1.61 bits per heavy atom. The smallest absolute Gasteiger partial charge is 0.450 e. The van der Waals surface area contributed by atoms with Crippen molar-refractivity contribution in [3.63, 3.8) is 0 Å². The monoisotopic (exact) mass is 444 g/mol. The van der Waals surface area contributed by atoms with Crippen molar-refractivity contribution in [2.24, 2.45) is 0 Å². The van der Waals surface area contributed by atoms with Gasteiger partial charge in [0.25, 0.3) is 0 Å². The fourth-order valence-electron chi connectivity index (χ4n) is 3.09. The maximum atomic E-state index is 13.7. The van der Waals surface area contributed by atoms with Crippen molar-refractivity contribution in [2.45, 2.75) is 6.18 Å². The molecule has 0 radical (unpaired) electrons. The van der Waals surface area contributed by atoms with Crippen LogP contribution in [0.1, 0.15) is 16.1 Å². The van der Waals surface area contributed by atoms with Crippen LogP contribution in [-0.2, 0) is 6.18 Å². The number of halogens is 4. The van der Waals surface area contributed by atoms with Gasteiger partial charge in [-0.3, -0.25) is 4.79 Å². The standard InChI is InChI=1S/C23H12ClF3O4/c24-17-9-5-4-8-15(17)22(29)30-14-10-11-16-18(12-14)31-21(23(25,26)27)19(20(16)28)13-6-2-1-3-7-13/h1-12H. The highest BCUT2D eigenvalue weighted by Gasteiger charge is 2.39. The lowest BCUT2D eigenvalue weighted by Gasteiger charge is -2.13. The Hall–Kier alpha value is -3.58. The Bertz CT molecular complexity index is 1340. The van der Waals surface area contributed by atoms with E-state index in [-0.39, 0.29) is 32.9 Å². The second-order valence-corrected chi connectivity index (χ2v) is 6.93. The first-order chi connectivity index (χ1) is 14.8. The number of hydrogen-bond donors (Lipinski definition) is 0. The zero-order valence-corrected chi connectivity index (χ0v) is 16.3. The molecule has 0 saturated heterocycles. The fourth-order valence-corrected chi connectivity index (χ4v) is 3.31. The van der Waals surface area contributed by atoms with Crippen molar-refractivity contribution in [1.29, 1.82) is 0 Å². The van der Waals surface area contributed by atoms with E-state index in [4.69, 9.17) is 20.8 Å². The molecule has 1 heterocycles. The maximum absolute atomic E-state index is 13.7. The van der Waals surface area contributed by atoms with E-state index in [0.717, 1.165) is 6.07 Å². The molecule has 0 atom stereocenters. The number of benzene rings is 3. The first kappa shape index (κ1) is 20.7. The topological polar surface area (TPSA) is 56.5 Å². The molecule has 0 aliphatic rings. The summed E-state index contributed by atoms with van der Waals surface area (Å²) in [6.07, 6.45) is -4.91. The van der Waals surface area contributed by atoms with E-state index in [0.29, 0.717) is 0 Å². The molecule has 0 N–H and O–H groups in total. The largest absolute Gasteiger partial charge is 0.450 e. The molecule has 0 unspecified atom stereocenters. The Morgan fingerprint density at radius 3 is 2.29 bits per heavy atom. The van der Waals surface area contributed by atoms with E-state index < -0.39 is 28.9 Å². The van der Waals surface area contributed by atoms with Crippen LogP contribution in [0.3, 0.4) is 0 Å². The fraction of sp³-hybridized carbons (Fsp3) is 0.0435. The average Bonchev–Trinajstić information content (AvgIpc) is 2.73. The first-order valence-electron chi connectivity index (χ1n) is 8.96. The lowest BCUT2D eigenvalue weighted by atomic mass is 10.0. The summed E-state index contributed by atoms with van der Waals surface area (Å²) in [7, 11) is 0. The van der Waals surface area contributed by atoms with Crippen molar-refractivity contribution in [2.75, 3.05) is 0 Å². The van der Waals surface area contributed by atoms with Gasteiger partial charge in [-0.15, -0.1) is 0 Å². The van der Waals surface area contributed by atoms with E-state index in [1.54, 1.807) is 18.2 Å². The SMILES string of the molecule is O=C(Oc1ccc2c(=O)c(-c3ccccc3)c(C(F)(F)F)oc2c1)c1ccccc1Cl. The van der Waals surface area contributed by atoms with Crippen LogP contribution in [0.2, 0.25) is 5.02 Å². The van der Waals surface area contributed by atoms with Crippen molar-refractivity contribution >= 4 is 28.5 Å². The highest BCUT2D eigenvalue weighted by atomic mass is 35.5. The lowest BCUT2D eigenvalue weighted by Crippen LogP contribution is -2.16. The molecule has 3 aromatic carbocycles. The van der Waals surface area contributed by atoms with Gasteiger partial charge in [0, 0.05) is 6.07 Å². The quantitative estimate of drug-likeness (QED) is 0.273. The molecule has 0 spiro atoms. The summed E-state index contributed by atoms with van der Waals surface area (Å²) >= 11 is 5.96. The van der Waals surface area contributed by atoms with Crippen molar-refractivity contribution in [3.8, 4) is 16.9 Å². The number of carbonyl (C=O) groups is 1. The molecule has 1 aromatic heterocycles. The second-order valence-electron chi connectivity index (χ2n) is 6.53. The van der Waals surface area contributed by atoms with Gasteiger partial charge in [0.15, 0.2) is 0 Å². The Morgan fingerprint density at radius 1 is 0.935 bits per heavy atom. The molecular weight excluding hydrogens is 433 g/mol. The summed E-state index contributed by atoms with van der Waals surface area (Å²) in [5, 5.41) is 0.0797. The number of rotatable bonds is 3. The number of esters is 1. The Labute approximate surface area is 178 Å². The number of fused-ring (bicyclic) bond motifs is 1. The van der Waals surface area contributed by atoms with E-state index in [2.05, 4.69) is 0 Å². The molecular formula is C23H12ClF3O4. The molecule has 0 aliphatic heterocycles. The van der Waals surface area contributed by atoms with Gasteiger partial charge in [0.1, 0.15) is 11.3 Å². The first-order valence-corrected chi connectivity index (χ1v) is 9.33. The molecule has 4 nitrogen and oxygen atoms in total. The maximum Gasteiger partial charge on any atom is 0.450 e. The molecule has 0 bridgehead atoms. The van der Waals surface area contributed by atoms with Crippen molar-refractivity contribution < 1.29 is 27.1 Å². The third-order valence-electron chi connectivity index (χ3n) is 4.49. The summed E-state index contributed by atoms with van der Waals surface area (Å²) < 4.78 is 51.4. The zero-order valence-electron chi connectivity index (χ0n) is 15.6. The molecule has 0 fully saturated rings. The summed E-state index contributed by atoms with van der Waals surface area (Å²) in [4.78, 5) is 25.2. The predicted molar refractivity (Wildman–Crippen MR) is 109 cm³/mol. The second kappa shape index (κ2) is 7.92. The third kappa shape index (κ3) is 4.04. The summed E-state index contributed by atoms with van der Waals surface area (Å²) in [6.45, 7) is 0. The molecule has 4 aromatic rings. The van der Waals surface area contributed by atoms with Gasteiger partial charge >= 0.3 is 12.1 Å². The van der Waals surface area contributed by atoms with Crippen LogP contribution in [0.15, 0.2) is 82.0 Å². The van der Waals surface area contributed by atoms with Gasteiger partial charge in [0.05, 0.1) is 21.5 Å². The molecule has 8 heteroatoms. The minimum Gasteiger partial charge on any atom is -0.450 e. The van der Waals surface area contributed by atoms with Crippen LogP contribution in [0, 0.1) is 0 Å². The van der Waals surface area contributed by atoms with Crippen molar-refractivity contribution in [3.05, 3.63) is 99.4 Å². The van der Waals surface area contributed by atoms with Gasteiger partial charge in [-0.25, -0.2) is 4.79 Å². The zero-order chi connectivity index (χ0) is 22.2. The van der Waals surface area contributed by atoms with Gasteiger partial charge in [-0.05, 0) is 29.8 Å². The van der Waals surface area contributed by atoms with Crippen LogP contribution in [0.5, 0.6) is 5.75 Å². The van der Waals surface area contributed by atoms with Gasteiger partial charge < -0.3 is 9.15 Å². The summed E-state index contributed by atoms with van der Waals surface area (Å²) in [6, 6.07) is 17.2. The molecule has 0 saturated carbocycles. The predicted octanol–water partition coefficient (Wildman–Crippen LogP) is 6.35. The molecule has 0 amide bonds. The van der Waals surface area contributed by atoms with Crippen LogP contribution in [0.25, 0.3) is 22.1 Å². The van der Waals surface area contributed by atoms with Gasteiger partial charge in [-0.1, -0.05) is 54.1 Å². The van der Waals surface area contributed by atoms with Crippen LogP contribution < -0.4 is 10.2 Å². The van der Waals surface area contributed by atoms with Crippen LogP contribution in [0.4, 0.5) is 13.2 Å². The van der Waals surface area contributed by atoms with E-state index in [1.807, 2.05) is 0 Å². The normalized spacial score (nSPS) is 11.5. The molecule has 4 rings (SSSR count). The highest BCUT2D eigenvalue weighted by molar-refractivity contribution is 6.33. The summed E-state index contributed by atoms with van der Waals surface area (Å²) in [5.74, 6) is -2.32. The molecule has 31 heavy (non-hydrogen) atoms. The Balaban J connectivity index is 1.83. The minimum absolute atomic E-state index is 0.0793. The van der Waals surface area contributed by atoms with E-state index in [1.165, 1.54) is 48.5 Å². The van der Waals surface area contributed by atoms with E-state index >= 15 is 0 Å². The summed E-state index contributed by atoms with van der Waals surface area (Å²) in [5.41, 5.74) is -1.62. The van der Waals surface area contributed by atoms with E-state index in [9.17, 15) is 22.8 Å². The average molecular weight is 445 g/mol. The number of carbonyl (C=O) groups excluding carboxylic acids is 1. The highest BCUT2D eigenvalue weighted by Crippen LogP contribution is 2.37. The number of hydrogen-bond acceptors (Lipinski definition) is 4. The van der Waals surface area contributed by atoms with Gasteiger partial charge in [-0.2, -0.15) is 13.2 Å². The lowest BCUT2D eigenvalue weighted by molar-refractivity contribution is -0.152. The third-order valence-corrected chi connectivity index (χ3v) is 4.82.